The van der Waals surface area contributed by atoms with E-state index >= 15 is 0 Å². The second-order valence-corrected chi connectivity index (χ2v) is 11.3. The molecule has 0 aliphatic carbocycles. The molecular formula is C28H37N3O5S. The van der Waals surface area contributed by atoms with Crippen LogP contribution < -0.4 is 10.6 Å². The van der Waals surface area contributed by atoms with Crippen LogP contribution in [0.4, 0.5) is 0 Å². The fourth-order valence-corrected chi connectivity index (χ4v) is 5.49. The number of phenols is 1. The van der Waals surface area contributed by atoms with Crippen LogP contribution in [0.2, 0.25) is 0 Å². The Morgan fingerprint density at radius 3 is 2.46 bits per heavy atom. The molecule has 1 aliphatic rings. The first-order chi connectivity index (χ1) is 17.5. The Morgan fingerprint density at radius 2 is 1.81 bits per heavy atom. The quantitative estimate of drug-likeness (QED) is 0.398. The first-order valence-corrected chi connectivity index (χ1v) is 13.7. The number of carbonyl (C=O) groups is 3. The van der Waals surface area contributed by atoms with Crippen LogP contribution in [0.15, 0.2) is 48.5 Å². The van der Waals surface area contributed by atoms with Gasteiger partial charge in [-0.25, -0.2) is 0 Å². The number of aliphatic hydroxyl groups excluding tert-OH is 1. The number of rotatable bonds is 9. The molecule has 0 bridgehead atoms. The second kappa shape index (κ2) is 12.5. The maximum atomic E-state index is 13.5. The van der Waals surface area contributed by atoms with E-state index in [-0.39, 0.29) is 24.0 Å². The van der Waals surface area contributed by atoms with Crippen molar-refractivity contribution in [2.45, 2.75) is 70.7 Å². The van der Waals surface area contributed by atoms with E-state index in [1.807, 2.05) is 58.0 Å². The summed E-state index contributed by atoms with van der Waals surface area (Å²) in [6.45, 7) is 7.56. The van der Waals surface area contributed by atoms with E-state index in [9.17, 15) is 24.6 Å². The summed E-state index contributed by atoms with van der Waals surface area (Å²) in [5, 5.41) is 27.3. The minimum Gasteiger partial charge on any atom is -0.508 e. The topological polar surface area (TPSA) is 119 Å². The Labute approximate surface area is 222 Å². The summed E-state index contributed by atoms with van der Waals surface area (Å²) in [6.07, 6.45) is -0.117. The standard InChI is InChI=1S/C28H37N3O5S/c1-5-10-19-20(13-9-14-23(19)32)25(34)29-21(15-18-11-7-6-8-12-18)24(33)27(36)31-17-37-16-22(31)26(35)30-28(2,3)4/h6-9,11-14,21-22,24,32-33H,5,10,15-17H2,1-4H3,(H,29,34)(H,30,35)/t21?,22-,24?/m0/s1. The molecule has 9 heteroatoms. The molecule has 1 saturated heterocycles. The summed E-state index contributed by atoms with van der Waals surface area (Å²) < 4.78 is 0. The average molecular weight is 528 g/mol. The Kier molecular flexibility index (Phi) is 9.62. The van der Waals surface area contributed by atoms with Crippen molar-refractivity contribution >= 4 is 29.5 Å². The summed E-state index contributed by atoms with van der Waals surface area (Å²) in [7, 11) is 0. The minimum absolute atomic E-state index is 0.0347. The van der Waals surface area contributed by atoms with E-state index in [4.69, 9.17) is 0 Å². The smallest absolute Gasteiger partial charge is 0.254 e. The number of nitrogens with one attached hydrogen (secondary N) is 2. The normalized spacial score (nSPS) is 17.2. The third kappa shape index (κ3) is 7.49. The van der Waals surface area contributed by atoms with Crippen LogP contribution in [0, 0.1) is 0 Å². The van der Waals surface area contributed by atoms with Gasteiger partial charge in [-0.3, -0.25) is 14.4 Å². The molecule has 3 atom stereocenters. The molecule has 2 unspecified atom stereocenters. The molecule has 8 nitrogen and oxygen atoms in total. The Morgan fingerprint density at radius 1 is 1.11 bits per heavy atom. The summed E-state index contributed by atoms with van der Waals surface area (Å²) in [5.74, 6) is -0.620. The summed E-state index contributed by atoms with van der Waals surface area (Å²) >= 11 is 1.44. The Hall–Kier alpha value is -3.04. The molecule has 1 fully saturated rings. The van der Waals surface area contributed by atoms with Crippen LogP contribution in [0.3, 0.4) is 0 Å². The van der Waals surface area contributed by atoms with Crippen LogP contribution in [0.5, 0.6) is 5.75 Å². The highest BCUT2D eigenvalue weighted by atomic mass is 32.2. The predicted octanol–water partition coefficient (Wildman–Crippen LogP) is 2.86. The van der Waals surface area contributed by atoms with Gasteiger partial charge in [0.15, 0.2) is 6.10 Å². The van der Waals surface area contributed by atoms with E-state index < -0.39 is 35.5 Å². The van der Waals surface area contributed by atoms with Gasteiger partial charge in [-0.05, 0) is 51.3 Å². The van der Waals surface area contributed by atoms with Crippen LogP contribution in [0.1, 0.15) is 55.6 Å². The summed E-state index contributed by atoms with van der Waals surface area (Å²) in [4.78, 5) is 41.1. The highest BCUT2D eigenvalue weighted by Crippen LogP contribution is 2.25. The van der Waals surface area contributed by atoms with Crippen LogP contribution in [-0.2, 0) is 22.4 Å². The molecule has 1 aliphatic heterocycles. The Bertz CT molecular complexity index is 1100. The van der Waals surface area contributed by atoms with Gasteiger partial charge in [-0.15, -0.1) is 11.8 Å². The van der Waals surface area contributed by atoms with E-state index in [1.54, 1.807) is 12.1 Å². The number of hydrogen-bond donors (Lipinski definition) is 4. The molecule has 3 rings (SSSR count). The van der Waals surface area contributed by atoms with Crippen LogP contribution in [-0.4, -0.2) is 68.2 Å². The molecule has 0 spiro atoms. The van der Waals surface area contributed by atoms with E-state index in [0.29, 0.717) is 23.3 Å². The second-order valence-electron chi connectivity index (χ2n) is 10.3. The lowest BCUT2D eigenvalue weighted by molar-refractivity contribution is -0.146. The highest BCUT2D eigenvalue weighted by molar-refractivity contribution is 7.99. The fraction of sp³-hybridized carbons (Fsp3) is 0.464. The number of hydrogen-bond acceptors (Lipinski definition) is 6. The zero-order valence-electron chi connectivity index (χ0n) is 21.9. The third-order valence-electron chi connectivity index (χ3n) is 6.11. The fourth-order valence-electron chi connectivity index (χ4n) is 4.33. The number of thioether (sulfide) groups is 1. The number of phenolic OH excluding ortho intramolecular Hbond substituents is 1. The number of carbonyl (C=O) groups excluding carboxylic acids is 3. The molecule has 2 aromatic carbocycles. The van der Waals surface area contributed by atoms with Crippen molar-refractivity contribution in [3.8, 4) is 5.75 Å². The van der Waals surface area contributed by atoms with Gasteiger partial charge in [0, 0.05) is 22.4 Å². The maximum Gasteiger partial charge on any atom is 0.254 e. The number of benzene rings is 2. The maximum absolute atomic E-state index is 13.5. The van der Waals surface area contributed by atoms with E-state index in [1.165, 1.54) is 22.7 Å². The lowest BCUT2D eigenvalue weighted by atomic mass is 9.97. The van der Waals surface area contributed by atoms with Gasteiger partial charge in [0.2, 0.25) is 5.91 Å². The minimum atomic E-state index is -1.57. The third-order valence-corrected chi connectivity index (χ3v) is 7.12. The average Bonchev–Trinajstić information content (AvgIpc) is 3.34. The molecule has 0 saturated carbocycles. The number of amides is 3. The molecule has 200 valence electrons. The SMILES string of the molecule is CCCc1c(O)cccc1C(=O)NC(Cc1ccccc1)C(O)C(=O)N1CSC[C@H]1C(=O)NC(C)(C)C. The molecule has 0 aromatic heterocycles. The number of aromatic hydroxyl groups is 1. The molecule has 2 aromatic rings. The lowest BCUT2D eigenvalue weighted by Gasteiger charge is -2.31. The number of nitrogens with zero attached hydrogens (tertiary/aromatic N) is 1. The first kappa shape index (κ1) is 28.5. The largest absolute Gasteiger partial charge is 0.508 e. The van der Waals surface area contributed by atoms with Crippen molar-refractivity contribution < 1.29 is 24.6 Å². The van der Waals surface area contributed by atoms with Gasteiger partial charge >= 0.3 is 0 Å². The predicted molar refractivity (Wildman–Crippen MR) is 145 cm³/mol. The van der Waals surface area contributed by atoms with Gasteiger partial charge in [0.1, 0.15) is 11.8 Å². The van der Waals surface area contributed by atoms with Crippen LogP contribution in [0.25, 0.3) is 0 Å². The van der Waals surface area contributed by atoms with E-state index in [2.05, 4.69) is 10.6 Å². The molecule has 37 heavy (non-hydrogen) atoms. The van der Waals surface area contributed by atoms with Crippen molar-refractivity contribution in [3.63, 3.8) is 0 Å². The van der Waals surface area contributed by atoms with Crippen molar-refractivity contribution in [2.75, 3.05) is 11.6 Å². The van der Waals surface area contributed by atoms with Crippen molar-refractivity contribution in [3.05, 3.63) is 65.2 Å². The van der Waals surface area contributed by atoms with Gasteiger partial charge in [-0.2, -0.15) is 0 Å². The van der Waals surface area contributed by atoms with Crippen molar-refractivity contribution in [2.24, 2.45) is 0 Å². The molecule has 4 N–H and O–H groups in total. The first-order valence-electron chi connectivity index (χ1n) is 12.6. The molecule has 3 amide bonds. The van der Waals surface area contributed by atoms with Gasteiger partial charge in [0.25, 0.3) is 11.8 Å². The van der Waals surface area contributed by atoms with E-state index in [0.717, 1.165) is 12.0 Å². The Balaban J connectivity index is 1.86. The number of aliphatic hydroxyl groups is 1. The van der Waals surface area contributed by atoms with Gasteiger partial charge < -0.3 is 25.7 Å². The van der Waals surface area contributed by atoms with Gasteiger partial charge in [0.05, 0.1) is 11.9 Å². The molecule has 0 radical (unpaired) electrons. The summed E-state index contributed by atoms with van der Waals surface area (Å²) in [6, 6.07) is 12.4. The van der Waals surface area contributed by atoms with Crippen LogP contribution >= 0.6 is 11.8 Å². The van der Waals surface area contributed by atoms with Crippen molar-refractivity contribution in [1.82, 2.24) is 15.5 Å². The van der Waals surface area contributed by atoms with Gasteiger partial charge in [-0.1, -0.05) is 49.7 Å². The summed E-state index contributed by atoms with van der Waals surface area (Å²) in [5.41, 5.74) is 1.20. The monoisotopic (exact) mass is 527 g/mol. The lowest BCUT2D eigenvalue weighted by Crippen LogP contribution is -2.57. The zero-order chi connectivity index (χ0) is 27.2. The molecular weight excluding hydrogens is 490 g/mol. The zero-order valence-corrected chi connectivity index (χ0v) is 22.7. The molecule has 1 heterocycles. The highest BCUT2D eigenvalue weighted by Gasteiger charge is 2.40. The van der Waals surface area contributed by atoms with Crippen molar-refractivity contribution in [1.29, 1.82) is 0 Å².